The number of carbonyl (C=O) groups excluding carboxylic acids is 1. The Kier molecular flexibility index (Phi) is 4.98. The second-order valence-corrected chi connectivity index (χ2v) is 6.74. The van der Waals surface area contributed by atoms with Crippen molar-refractivity contribution in [3.05, 3.63) is 72.3 Å². The number of nitrogens with zero attached hydrogens (tertiary/aromatic N) is 4. The van der Waals surface area contributed by atoms with Gasteiger partial charge in [-0.25, -0.2) is 8.78 Å². The highest BCUT2D eigenvalue weighted by Crippen LogP contribution is 2.21. The van der Waals surface area contributed by atoms with Crippen LogP contribution in [-0.2, 0) is 4.79 Å². The summed E-state index contributed by atoms with van der Waals surface area (Å²) in [6.45, 7) is 0. The lowest BCUT2D eigenvalue weighted by Gasteiger charge is -2.06. The first kappa shape index (κ1) is 18.1. The molecule has 0 unspecified atom stereocenters. The average molecular weight is 397 g/mol. The summed E-state index contributed by atoms with van der Waals surface area (Å²) in [5.74, 6) is -1.19. The Labute approximate surface area is 162 Å². The number of halogens is 2. The summed E-state index contributed by atoms with van der Waals surface area (Å²) in [5.41, 5.74) is 1.99. The van der Waals surface area contributed by atoms with E-state index in [-0.39, 0.29) is 23.2 Å². The molecule has 0 saturated heterocycles. The van der Waals surface area contributed by atoms with Gasteiger partial charge in [0.25, 0.3) is 0 Å². The largest absolute Gasteiger partial charge is 0.323 e. The van der Waals surface area contributed by atoms with Gasteiger partial charge in [-0.1, -0.05) is 23.9 Å². The second-order valence-electron chi connectivity index (χ2n) is 5.79. The Hall–Kier alpha value is -3.33. The molecule has 6 nitrogen and oxygen atoms in total. The Morgan fingerprint density at radius 3 is 2.57 bits per heavy atom. The average Bonchev–Trinajstić information content (AvgIpc) is 3.11. The Morgan fingerprint density at radius 1 is 1.00 bits per heavy atom. The third-order valence-electron chi connectivity index (χ3n) is 3.85. The molecule has 2 aromatic carbocycles. The maximum Gasteiger partial charge on any atom is 0.234 e. The minimum absolute atomic E-state index is 0.0115. The van der Waals surface area contributed by atoms with Crippen molar-refractivity contribution < 1.29 is 13.6 Å². The van der Waals surface area contributed by atoms with E-state index < -0.39 is 5.82 Å². The summed E-state index contributed by atoms with van der Waals surface area (Å²) in [6.07, 6.45) is 0. The molecule has 0 saturated carbocycles. The smallest absolute Gasteiger partial charge is 0.234 e. The first-order chi connectivity index (χ1) is 13.6. The van der Waals surface area contributed by atoms with Crippen LogP contribution in [0.15, 0.2) is 65.8 Å². The number of hydrogen-bond acceptors (Lipinski definition) is 5. The Balaban J connectivity index is 1.51. The van der Waals surface area contributed by atoms with Gasteiger partial charge < -0.3 is 5.32 Å². The number of rotatable bonds is 5. The summed E-state index contributed by atoms with van der Waals surface area (Å²) in [5, 5.41) is 15.5. The van der Waals surface area contributed by atoms with Crippen molar-refractivity contribution in [1.29, 1.82) is 0 Å². The van der Waals surface area contributed by atoms with Gasteiger partial charge in [0, 0.05) is 5.56 Å². The van der Waals surface area contributed by atoms with Gasteiger partial charge in [0.1, 0.15) is 11.6 Å². The molecule has 4 aromatic rings. The molecule has 9 heteroatoms. The van der Waals surface area contributed by atoms with Crippen LogP contribution in [0.5, 0.6) is 0 Å². The highest BCUT2D eigenvalue weighted by molar-refractivity contribution is 7.99. The van der Waals surface area contributed by atoms with Gasteiger partial charge in [-0.15, -0.1) is 10.2 Å². The van der Waals surface area contributed by atoms with Crippen molar-refractivity contribution >= 4 is 29.0 Å². The van der Waals surface area contributed by atoms with E-state index in [0.29, 0.717) is 16.5 Å². The van der Waals surface area contributed by atoms with Gasteiger partial charge in [0.2, 0.25) is 11.1 Å². The van der Waals surface area contributed by atoms with Crippen LogP contribution in [0.3, 0.4) is 0 Å². The molecule has 0 aliphatic heterocycles. The Bertz CT molecular complexity index is 1150. The summed E-state index contributed by atoms with van der Waals surface area (Å²) >= 11 is 1.13. The molecule has 4 rings (SSSR count). The maximum atomic E-state index is 13.6. The topological polar surface area (TPSA) is 72.2 Å². The lowest BCUT2D eigenvalue weighted by atomic mass is 10.1. The van der Waals surface area contributed by atoms with Gasteiger partial charge in [-0.05, 0) is 48.5 Å². The van der Waals surface area contributed by atoms with Crippen molar-refractivity contribution in [2.75, 3.05) is 11.1 Å². The number of fused-ring (bicyclic) bond motifs is 1. The van der Waals surface area contributed by atoms with Crippen LogP contribution in [0, 0.1) is 11.6 Å². The molecular formula is C19H13F2N5OS. The molecule has 0 fully saturated rings. The van der Waals surface area contributed by atoms with E-state index in [1.54, 1.807) is 36.4 Å². The van der Waals surface area contributed by atoms with Gasteiger partial charge in [-0.3, -0.25) is 4.79 Å². The number of benzene rings is 2. The summed E-state index contributed by atoms with van der Waals surface area (Å²) in [6, 6.07) is 15.4. The van der Waals surface area contributed by atoms with E-state index in [1.165, 1.54) is 28.8 Å². The fourth-order valence-electron chi connectivity index (χ4n) is 2.51. The van der Waals surface area contributed by atoms with Crippen molar-refractivity contribution in [2.45, 2.75) is 5.16 Å². The summed E-state index contributed by atoms with van der Waals surface area (Å²) < 4.78 is 28.3. The number of anilines is 1. The third kappa shape index (κ3) is 3.84. The minimum Gasteiger partial charge on any atom is -0.323 e. The zero-order valence-corrected chi connectivity index (χ0v) is 15.2. The lowest BCUT2D eigenvalue weighted by Crippen LogP contribution is -2.15. The number of aromatic nitrogens is 4. The van der Waals surface area contributed by atoms with Crippen molar-refractivity contribution in [3.8, 4) is 11.3 Å². The van der Waals surface area contributed by atoms with Crippen LogP contribution in [-0.4, -0.2) is 31.5 Å². The maximum absolute atomic E-state index is 13.6. The first-order valence-corrected chi connectivity index (χ1v) is 9.24. The quantitative estimate of drug-likeness (QED) is 0.519. The van der Waals surface area contributed by atoms with Gasteiger partial charge in [-0.2, -0.15) is 9.61 Å². The summed E-state index contributed by atoms with van der Waals surface area (Å²) in [4.78, 5) is 12.1. The van der Waals surface area contributed by atoms with Crippen molar-refractivity contribution in [3.63, 3.8) is 0 Å². The summed E-state index contributed by atoms with van der Waals surface area (Å²) in [7, 11) is 0. The zero-order valence-electron chi connectivity index (χ0n) is 14.3. The SMILES string of the molecule is O=C(CSc1nnc2ccc(-c3ccc(F)cc3)nn12)Nc1ccccc1F. The van der Waals surface area contributed by atoms with E-state index in [9.17, 15) is 13.6 Å². The van der Waals surface area contributed by atoms with Crippen LogP contribution in [0.4, 0.5) is 14.5 Å². The number of nitrogens with one attached hydrogen (secondary N) is 1. The van der Waals surface area contributed by atoms with E-state index >= 15 is 0 Å². The zero-order chi connectivity index (χ0) is 19.5. The fourth-order valence-corrected chi connectivity index (χ4v) is 3.20. The molecular weight excluding hydrogens is 384 g/mol. The molecule has 0 aliphatic rings. The monoisotopic (exact) mass is 397 g/mol. The number of hydrogen-bond donors (Lipinski definition) is 1. The van der Waals surface area contributed by atoms with Gasteiger partial charge in [0.05, 0.1) is 17.1 Å². The molecule has 28 heavy (non-hydrogen) atoms. The third-order valence-corrected chi connectivity index (χ3v) is 4.77. The molecule has 2 aromatic heterocycles. The number of amides is 1. The van der Waals surface area contributed by atoms with Crippen molar-refractivity contribution in [1.82, 2.24) is 19.8 Å². The molecule has 1 amide bonds. The predicted octanol–water partition coefficient (Wildman–Crippen LogP) is 3.80. The van der Waals surface area contributed by atoms with E-state index in [0.717, 1.165) is 17.3 Å². The molecule has 0 radical (unpaired) electrons. The van der Waals surface area contributed by atoms with Crippen LogP contribution >= 0.6 is 11.8 Å². The number of para-hydroxylation sites is 1. The minimum atomic E-state index is -0.501. The van der Waals surface area contributed by atoms with Crippen LogP contribution < -0.4 is 5.32 Å². The number of carbonyl (C=O) groups is 1. The van der Waals surface area contributed by atoms with Gasteiger partial charge >= 0.3 is 0 Å². The molecule has 1 N–H and O–H groups in total. The van der Waals surface area contributed by atoms with E-state index in [2.05, 4.69) is 20.6 Å². The van der Waals surface area contributed by atoms with Gasteiger partial charge in [0.15, 0.2) is 5.65 Å². The molecule has 0 bridgehead atoms. The first-order valence-electron chi connectivity index (χ1n) is 8.26. The Morgan fingerprint density at radius 2 is 1.79 bits per heavy atom. The van der Waals surface area contributed by atoms with E-state index in [1.807, 2.05) is 0 Å². The normalized spacial score (nSPS) is 10.9. The molecule has 0 spiro atoms. The molecule has 140 valence electrons. The van der Waals surface area contributed by atoms with Crippen LogP contribution in [0.2, 0.25) is 0 Å². The van der Waals surface area contributed by atoms with Crippen molar-refractivity contribution in [2.24, 2.45) is 0 Å². The fraction of sp³-hybridized carbons (Fsp3) is 0.0526. The van der Waals surface area contributed by atoms with Crippen LogP contribution in [0.1, 0.15) is 0 Å². The molecule has 0 aliphatic carbocycles. The highest BCUT2D eigenvalue weighted by atomic mass is 32.2. The van der Waals surface area contributed by atoms with E-state index in [4.69, 9.17) is 0 Å². The number of thioether (sulfide) groups is 1. The molecule has 0 atom stereocenters. The van der Waals surface area contributed by atoms with Crippen LogP contribution in [0.25, 0.3) is 16.9 Å². The lowest BCUT2D eigenvalue weighted by molar-refractivity contribution is -0.113. The highest BCUT2D eigenvalue weighted by Gasteiger charge is 2.13. The molecule has 2 heterocycles. The standard InChI is InChI=1S/C19H13F2N5OS/c20-13-7-5-12(6-8-13)15-9-10-17-23-24-19(26(17)25-15)28-11-18(27)22-16-4-2-1-3-14(16)21/h1-10H,11H2,(H,22,27). The second kappa shape index (κ2) is 7.73. The predicted molar refractivity (Wildman–Crippen MR) is 102 cm³/mol.